The Morgan fingerprint density at radius 3 is 2.64 bits per heavy atom. The summed E-state index contributed by atoms with van der Waals surface area (Å²) >= 11 is 0. The second-order valence-corrected chi connectivity index (χ2v) is 7.58. The molecule has 3 aromatic rings. The van der Waals surface area contributed by atoms with Crippen LogP contribution in [-0.4, -0.2) is 46.0 Å². The zero-order valence-corrected chi connectivity index (χ0v) is 16.3. The summed E-state index contributed by atoms with van der Waals surface area (Å²) in [6.07, 6.45) is 7.91. The Morgan fingerprint density at radius 1 is 1.07 bits per heavy atom. The molecule has 1 fully saturated rings. The number of rotatable bonds is 4. The average Bonchev–Trinajstić information content (AvgIpc) is 2.74. The monoisotopic (exact) mass is 372 g/mol. The number of fused-ring (bicyclic) bond motifs is 1. The highest BCUT2D eigenvalue weighted by Gasteiger charge is 2.23. The molecule has 0 spiro atoms. The summed E-state index contributed by atoms with van der Waals surface area (Å²) in [5.74, 6) is 0.863. The van der Waals surface area contributed by atoms with E-state index < -0.39 is 0 Å². The van der Waals surface area contributed by atoms with Crippen LogP contribution in [-0.2, 0) is 0 Å². The van der Waals surface area contributed by atoms with Gasteiger partial charge in [-0.2, -0.15) is 5.26 Å². The molecule has 1 saturated carbocycles. The van der Waals surface area contributed by atoms with Crippen LogP contribution in [0.5, 0.6) is 0 Å². The molecule has 1 N–H and O–H groups in total. The van der Waals surface area contributed by atoms with E-state index in [0.29, 0.717) is 17.8 Å². The first-order valence-corrected chi connectivity index (χ1v) is 9.69. The van der Waals surface area contributed by atoms with Crippen molar-refractivity contribution < 1.29 is 0 Å². The molecule has 0 radical (unpaired) electrons. The van der Waals surface area contributed by atoms with Crippen molar-refractivity contribution in [1.29, 1.82) is 5.26 Å². The molecule has 0 aliphatic heterocycles. The van der Waals surface area contributed by atoms with Crippen LogP contribution in [0.1, 0.15) is 31.4 Å². The van der Waals surface area contributed by atoms with Gasteiger partial charge in [0.05, 0.1) is 5.52 Å². The predicted molar refractivity (Wildman–Crippen MR) is 111 cm³/mol. The molecule has 6 nitrogen and oxygen atoms in total. The Morgan fingerprint density at radius 2 is 1.89 bits per heavy atom. The second-order valence-electron chi connectivity index (χ2n) is 7.58. The topological polar surface area (TPSA) is 77.7 Å². The molecule has 28 heavy (non-hydrogen) atoms. The van der Waals surface area contributed by atoms with E-state index in [4.69, 9.17) is 0 Å². The summed E-state index contributed by atoms with van der Waals surface area (Å²) in [6.45, 7) is 0. The van der Waals surface area contributed by atoms with Gasteiger partial charge in [0, 0.05) is 29.2 Å². The number of nitrogens with zero attached hydrogens (tertiary/aromatic N) is 5. The van der Waals surface area contributed by atoms with Gasteiger partial charge >= 0.3 is 0 Å². The quantitative estimate of drug-likeness (QED) is 0.749. The number of nitriles is 1. The van der Waals surface area contributed by atoms with Crippen molar-refractivity contribution in [2.45, 2.75) is 37.8 Å². The summed E-state index contributed by atoms with van der Waals surface area (Å²) in [4.78, 5) is 15.4. The van der Waals surface area contributed by atoms with Crippen LogP contribution in [0.2, 0.25) is 0 Å². The van der Waals surface area contributed by atoms with Crippen molar-refractivity contribution in [2.75, 3.05) is 19.4 Å². The van der Waals surface area contributed by atoms with Crippen molar-refractivity contribution in [3.63, 3.8) is 0 Å². The van der Waals surface area contributed by atoms with Gasteiger partial charge in [0.2, 0.25) is 0 Å². The molecule has 4 rings (SSSR count). The Bertz CT molecular complexity index is 1010. The van der Waals surface area contributed by atoms with Gasteiger partial charge in [-0.1, -0.05) is 6.07 Å². The number of benzene rings is 1. The third-order valence-electron chi connectivity index (χ3n) is 5.63. The third-order valence-corrected chi connectivity index (χ3v) is 5.63. The van der Waals surface area contributed by atoms with E-state index in [1.54, 1.807) is 12.5 Å². The fourth-order valence-electron chi connectivity index (χ4n) is 4.00. The van der Waals surface area contributed by atoms with Crippen LogP contribution in [0.15, 0.2) is 42.9 Å². The predicted octanol–water partition coefficient (Wildman–Crippen LogP) is 3.85. The maximum absolute atomic E-state index is 9.37. The molecule has 1 aliphatic rings. The molecule has 0 amide bonds. The molecule has 2 heterocycles. The van der Waals surface area contributed by atoms with Crippen molar-refractivity contribution in [3.05, 3.63) is 48.5 Å². The molecule has 6 heteroatoms. The maximum Gasteiger partial charge on any atom is 0.148 e. The van der Waals surface area contributed by atoms with Gasteiger partial charge in [-0.15, -0.1) is 0 Å². The summed E-state index contributed by atoms with van der Waals surface area (Å²) in [7, 11) is 4.32. The smallest absolute Gasteiger partial charge is 0.148 e. The van der Waals surface area contributed by atoms with Gasteiger partial charge in [0.25, 0.3) is 0 Å². The Labute approximate surface area is 165 Å². The number of pyridine rings is 1. The lowest BCUT2D eigenvalue weighted by Crippen LogP contribution is -2.36. The van der Waals surface area contributed by atoms with Gasteiger partial charge in [0.15, 0.2) is 0 Å². The van der Waals surface area contributed by atoms with Crippen molar-refractivity contribution >= 4 is 16.7 Å². The molecule has 0 saturated heterocycles. The highest BCUT2D eigenvalue weighted by atomic mass is 15.1. The molecule has 0 unspecified atom stereocenters. The van der Waals surface area contributed by atoms with E-state index in [-0.39, 0.29) is 0 Å². The highest BCUT2D eigenvalue weighted by molar-refractivity contribution is 5.93. The molecule has 142 valence electrons. The summed E-state index contributed by atoms with van der Waals surface area (Å²) < 4.78 is 0. The van der Waals surface area contributed by atoms with Crippen molar-refractivity contribution in [1.82, 2.24) is 19.9 Å². The van der Waals surface area contributed by atoms with E-state index in [2.05, 4.69) is 51.4 Å². The minimum atomic E-state index is 0.422. The van der Waals surface area contributed by atoms with Crippen LogP contribution >= 0.6 is 0 Å². The first-order valence-electron chi connectivity index (χ1n) is 9.69. The van der Waals surface area contributed by atoms with Crippen LogP contribution in [0.3, 0.4) is 0 Å². The van der Waals surface area contributed by atoms with Crippen LogP contribution in [0.25, 0.3) is 22.0 Å². The Balaban J connectivity index is 1.64. The van der Waals surface area contributed by atoms with Crippen molar-refractivity contribution in [3.8, 4) is 17.2 Å². The first-order chi connectivity index (χ1) is 13.7. The fourth-order valence-corrected chi connectivity index (χ4v) is 4.00. The average molecular weight is 372 g/mol. The number of hydrogen-bond acceptors (Lipinski definition) is 6. The van der Waals surface area contributed by atoms with Crippen LogP contribution < -0.4 is 5.32 Å². The van der Waals surface area contributed by atoms with E-state index in [9.17, 15) is 5.26 Å². The highest BCUT2D eigenvalue weighted by Crippen LogP contribution is 2.30. The Kier molecular flexibility index (Phi) is 5.18. The largest absolute Gasteiger partial charge is 0.367 e. The molecule has 0 bridgehead atoms. The van der Waals surface area contributed by atoms with E-state index in [0.717, 1.165) is 40.7 Å². The molecule has 1 aliphatic carbocycles. The zero-order chi connectivity index (χ0) is 19.5. The zero-order valence-electron chi connectivity index (χ0n) is 16.3. The fraction of sp³-hybridized carbons (Fsp3) is 0.364. The number of hydrogen-bond donors (Lipinski definition) is 1. The van der Waals surface area contributed by atoms with Crippen molar-refractivity contribution in [2.24, 2.45) is 0 Å². The molecule has 1 aromatic carbocycles. The number of anilines is 1. The van der Waals surface area contributed by atoms with Gasteiger partial charge < -0.3 is 10.2 Å². The standard InChI is InChI=1S/C22H24N6/c1-28(2)17-8-6-16(7-9-17)27-22-19-12-15(5-10-20(19)25-14-26-22)18-4-3-11-24-21(18)13-23/h3-5,10-12,14,16-17H,6-9H2,1-2H3,(H,25,26,27). The van der Waals surface area contributed by atoms with Gasteiger partial charge in [-0.3, -0.25) is 0 Å². The van der Waals surface area contributed by atoms with Crippen LogP contribution in [0.4, 0.5) is 5.82 Å². The maximum atomic E-state index is 9.37. The van der Waals surface area contributed by atoms with Gasteiger partial charge in [-0.25, -0.2) is 15.0 Å². The number of nitrogens with one attached hydrogen (secondary N) is 1. The lowest BCUT2D eigenvalue weighted by atomic mass is 9.90. The van der Waals surface area contributed by atoms with Crippen LogP contribution in [0, 0.1) is 11.3 Å². The Hall–Kier alpha value is -3.04. The molecule has 2 aromatic heterocycles. The summed E-state index contributed by atoms with van der Waals surface area (Å²) in [5.41, 5.74) is 3.10. The van der Waals surface area contributed by atoms with E-state index in [1.807, 2.05) is 24.3 Å². The van der Waals surface area contributed by atoms with E-state index in [1.165, 1.54) is 12.8 Å². The van der Waals surface area contributed by atoms with E-state index >= 15 is 0 Å². The second kappa shape index (κ2) is 7.91. The third kappa shape index (κ3) is 3.67. The van der Waals surface area contributed by atoms with Gasteiger partial charge in [-0.05, 0) is 69.6 Å². The minimum absolute atomic E-state index is 0.422. The number of aromatic nitrogens is 3. The lowest BCUT2D eigenvalue weighted by molar-refractivity contribution is 0.221. The first kappa shape index (κ1) is 18.3. The molecule has 0 atom stereocenters. The lowest BCUT2D eigenvalue weighted by Gasteiger charge is -2.33. The molecular weight excluding hydrogens is 348 g/mol. The minimum Gasteiger partial charge on any atom is -0.367 e. The summed E-state index contributed by atoms with van der Waals surface area (Å²) in [5, 5.41) is 14.0. The SMILES string of the molecule is CN(C)C1CCC(Nc2ncnc3ccc(-c4cccnc4C#N)cc23)CC1. The summed E-state index contributed by atoms with van der Waals surface area (Å²) in [6, 6.07) is 13.1. The normalized spacial score (nSPS) is 19.5. The van der Waals surface area contributed by atoms with Gasteiger partial charge in [0.1, 0.15) is 23.9 Å². The molecular formula is C22H24N6.